The number of amides is 2. The molecule has 6 N–H and O–H groups in total. The molecule has 1 heterocycles. The molecule has 1 aliphatic carbocycles. The van der Waals surface area contributed by atoms with Crippen molar-refractivity contribution in [1.29, 1.82) is 0 Å². The smallest absolute Gasteiger partial charge is 0.239 e. The monoisotopic (exact) mass is 293 g/mol. The van der Waals surface area contributed by atoms with Crippen molar-refractivity contribution in [1.82, 2.24) is 4.98 Å². The van der Waals surface area contributed by atoms with Crippen LogP contribution in [0.25, 0.3) is 0 Å². The zero-order chi connectivity index (χ0) is 15.4. The molecule has 21 heavy (non-hydrogen) atoms. The number of nitrogen functional groups attached to an aromatic ring is 1. The van der Waals surface area contributed by atoms with Crippen molar-refractivity contribution in [2.45, 2.75) is 12.8 Å². The highest BCUT2D eigenvalue weighted by Gasteiger charge is 2.23. The summed E-state index contributed by atoms with van der Waals surface area (Å²) < 4.78 is 5.57. The minimum absolute atomic E-state index is 0.165. The maximum Gasteiger partial charge on any atom is 0.239 e. The molecular formula is C13H19N5O3. The standard InChI is InChI=1S/C13H19N5O3/c14-9-3-4-12(17-13(9)21-7-8-1-2-8)18(5-10(15)19)6-11(16)20/h3-4,8H,1-2,5-7,14H2,(H2,15,19)(H2,16,20). The quantitative estimate of drug-likeness (QED) is 0.575. The molecule has 1 aromatic rings. The van der Waals surface area contributed by atoms with E-state index < -0.39 is 11.8 Å². The van der Waals surface area contributed by atoms with Crippen LogP contribution in [0.15, 0.2) is 12.1 Å². The van der Waals surface area contributed by atoms with Gasteiger partial charge in [0.15, 0.2) is 0 Å². The summed E-state index contributed by atoms with van der Waals surface area (Å²) in [5.74, 6) is 0.0405. The number of carbonyl (C=O) groups is 2. The number of aromatic nitrogens is 1. The second-order valence-electron chi connectivity index (χ2n) is 5.11. The van der Waals surface area contributed by atoms with Crippen molar-refractivity contribution in [3.05, 3.63) is 12.1 Å². The highest BCUT2D eigenvalue weighted by atomic mass is 16.5. The Bertz CT molecular complexity index is 529. The number of carbonyl (C=O) groups excluding carboxylic acids is 2. The lowest BCUT2D eigenvalue weighted by molar-refractivity contribution is -0.117. The van der Waals surface area contributed by atoms with Crippen LogP contribution in [0.3, 0.4) is 0 Å². The van der Waals surface area contributed by atoms with Gasteiger partial charge >= 0.3 is 0 Å². The van der Waals surface area contributed by atoms with Crippen molar-refractivity contribution in [2.24, 2.45) is 17.4 Å². The molecule has 0 radical (unpaired) electrons. The van der Waals surface area contributed by atoms with E-state index in [4.69, 9.17) is 21.9 Å². The van der Waals surface area contributed by atoms with Gasteiger partial charge in [-0.05, 0) is 30.9 Å². The lowest BCUT2D eigenvalue weighted by Gasteiger charge is -2.21. The predicted molar refractivity (Wildman–Crippen MR) is 77.5 cm³/mol. The molecule has 0 saturated heterocycles. The average Bonchev–Trinajstić information content (AvgIpc) is 3.20. The third-order valence-corrected chi connectivity index (χ3v) is 3.05. The second-order valence-corrected chi connectivity index (χ2v) is 5.11. The van der Waals surface area contributed by atoms with E-state index in [0.29, 0.717) is 29.9 Å². The zero-order valence-corrected chi connectivity index (χ0v) is 11.6. The van der Waals surface area contributed by atoms with Crippen molar-refractivity contribution >= 4 is 23.3 Å². The number of rotatable bonds is 8. The third-order valence-electron chi connectivity index (χ3n) is 3.05. The maximum atomic E-state index is 11.1. The molecule has 0 spiro atoms. The van der Waals surface area contributed by atoms with Gasteiger partial charge in [-0.1, -0.05) is 0 Å². The number of hydrogen-bond donors (Lipinski definition) is 3. The Morgan fingerprint density at radius 1 is 1.24 bits per heavy atom. The molecule has 2 rings (SSSR count). The fourth-order valence-corrected chi connectivity index (χ4v) is 1.81. The molecule has 0 unspecified atom stereocenters. The second kappa shape index (κ2) is 6.29. The molecule has 0 aromatic carbocycles. The van der Waals surface area contributed by atoms with Gasteiger partial charge in [0.25, 0.3) is 0 Å². The van der Waals surface area contributed by atoms with Crippen LogP contribution in [-0.2, 0) is 9.59 Å². The topological polar surface area (TPSA) is 138 Å². The van der Waals surface area contributed by atoms with Gasteiger partial charge in [0.1, 0.15) is 5.82 Å². The number of hydrogen-bond acceptors (Lipinski definition) is 6. The first-order chi connectivity index (χ1) is 9.95. The van der Waals surface area contributed by atoms with Crippen molar-refractivity contribution in [3.8, 4) is 5.88 Å². The molecule has 1 fully saturated rings. The Kier molecular flexibility index (Phi) is 4.46. The highest BCUT2D eigenvalue weighted by molar-refractivity contribution is 5.84. The fourth-order valence-electron chi connectivity index (χ4n) is 1.81. The van der Waals surface area contributed by atoms with Crippen LogP contribution in [-0.4, -0.2) is 36.5 Å². The maximum absolute atomic E-state index is 11.1. The summed E-state index contributed by atoms with van der Waals surface area (Å²) in [5.41, 5.74) is 16.5. The van der Waals surface area contributed by atoms with Crippen LogP contribution in [0, 0.1) is 5.92 Å². The fraction of sp³-hybridized carbons (Fsp3) is 0.462. The van der Waals surface area contributed by atoms with E-state index in [2.05, 4.69) is 4.98 Å². The van der Waals surface area contributed by atoms with E-state index in [9.17, 15) is 9.59 Å². The Morgan fingerprint density at radius 2 is 1.86 bits per heavy atom. The van der Waals surface area contributed by atoms with E-state index in [1.54, 1.807) is 12.1 Å². The molecule has 0 bridgehead atoms. The van der Waals surface area contributed by atoms with Crippen LogP contribution >= 0.6 is 0 Å². The molecule has 8 nitrogen and oxygen atoms in total. The molecule has 0 atom stereocenters. The summed E-state index contributed by atoms with van der Waals surface area (Å²) in [6.45, 7) is 0.232. The largest absolute Gasteiger partial charge is 0.476 e. The van der Waals surface area contributed by atoms with Crippen molar-refractivity contribution < 1.29 is 14.3 Å². The van der Waals surface area contributed by atoms with Crippen LogP contribution in [0.1, 0.15) is 12.8 Å². The highest BCUT2D eigenvalue weighted by Crippen LogP contribution is 2.31. The normalized spacial score (nSPS) is 13.7. The molecule has 8 heteroatoms. The Morgan fingerprint density at radius 3 is 2.38 bits per heavy atom. The van der Waals surface area contributed by atoms with Gasteiger partial charge < -0.3 is 26.8 Å². The number of primary amides is 2. The number of anilines is 2. The van der Waals surface area contributed by atoms with E-state index in [-0.39, 0.29) is 13.1 Å². The minimum Gasteiger partial charge on any atom is -0.476 e. The average molecular weight is 293 g/mol. The minimum atomic E-state index is -0.588. The summed E-state index contributed by atoms with van der Waals surface area (Å²) in [6, 6.07) is 3.20. The van der Waals surface area contributed by atoms with Gasteiger partial charge in [-0.25, -0.2) is 0 Å². The number of nitrogens with zero attached hydrogens (tertiary/aromatic N) is 2. The van der Waals surface area contributed by atoms with E-state index in [1.807, 2.05) is 0 Å². The van der Waals surface area contributed by atoms with E-state index in [1.165, 1.54) is 4.90 Å². The van der Waals surface area contributed by atoms with Gasteiger partial charge in [0, 0.05) is 0 Å². The van der Waals surface area contributed by atoms with Crippen molar-refractivity contribution in [2.75, 3.05) is 30.3 Å². The molecule has 2 amide bonds. The number of pyridine rings is 1. The van der Waals surface area contributed by atoms with Gasteiger partial charge in [-0.2, -0.15) is 4.98 Å². The van der Waals surface area contributed by atoms with E-state index in [0.717, 1.165) is 12.8 Å². The lowest BCUT2D eigenvalue weighted by atomic mass is 10.3. The van der Waals surface area contributed by atoms with Gasteiger partial charge in [-0.15, -0.1) is 0 Å². The zero-order valence-electron chi connectivity index (χ0n) is 11.6. The predicted octanol–water partition coefficient (Wildman–Crippen LogP) is -0.770. The Balaban J connectivity index is 2.15. The Hall–Kier alpha value is -2.51. The Labute approximate surface area is 122 Å². The first-order valence-corrected chi connectivity index (χ1v) is 6.66. The molecule has 1 aromatic heterocycles. The number of nitrogens with two attached hydrogens (primary N) is 3. The summed E-state index contributed by atoms with van der Waals surface area (Å²) in [7, 11) is 0. The molecular weight excluding hydrogens is 274 g/mol. The van der Waals surface area contributed by atoms with Gasteiger partial charge in [-0.3, -0.25) is 9.59 Å². The van der Waals surface area contributed by atoms with Crippen LogP contribution in [0.4, 0.5) is 11.5 Å². The van der Waals surface area contributed by atoms with E-state index >= 15 is 0 Å². The first-order valence-electron chi connectivity index (χ1n) is 6.66. The third kappa shape index (κ3) is 4.51. The summed E-state index contributed by atoms with van der Waals surface area (Å²) in [5, 5.41) is 0. The lowest BCUT2D eigenvalue weighted by Crippen LogP contribution is -2.40. The summed E-state index contributed by atoms with van der Waals surface area (Å²) in [6.07, 6.45) is 2.30. The summed E-state index contributed by atoms with van der Waals surface area (Å²) in [4.78, 5) is 27.8. The molecule has 0 aliphatic heterocycles. The van der Waals surface area contributed by atoms with Crippen molar-refractivity contribution in [3.63, 3.8) is 0 Å². The van der Waals surface area contributed by atoms with Crippen LogP contribution in [0.2, 0.25) is 0 Å². The van der Waals surface area contributed by atoms with Gasteiger partial charge in [0.2, 0.25) is 17.7 Å². The molecule has 1 saturated carbocycles. The van der Waals surface area contributed by atoms with Crippen LogP contribution in [0.5, 0.6) is 5.88 Å². The van der Waals surface area contributed by atoms with Gasteiger partial charge in [0.05, 0.1) is 25.4 Å². The molecule has 114 valence electrons. The number of ether oxygens (including phenoxy) is 1. The SMILES string of the molecule is NC(=O)CN(CC(N)=O)c1ccc(N)c(OCC2CC2)n1. The summed E-state index contributed by atoms with van der Waals surface area (Å²) >= 11 is 0. The van der Waals surface area contributed by atoms with Crippen LogP contribution < -0.4 is 26.8 Å². The first kappa shape index (κ1) is 14.9. The molecule has 1 aliphatic rings.